The second kappa shape index (κ2) is 7.17. The van der Waals surface area contributed by atoms with Crippen molar-refractivity contribution in [1.29, 1.82) is 0 Å². The van der Waals surface area contributed by atoms with Crippen molar-refractivity contribution in [2.24, 2.45) is 0 Å². The molecule has 0 bridgehead atoms. The molecule has 0 amide bonds. The summed E-state index contributed by atoms with van der Waals surface area (Å²) in [6.45, 7) is 2.09. The number of aromatic nitrogens is 4. The predicted molar refractivity (Wildman–Crippen MR) is 104 cm³/mol. The van der Waals surface area contributed by atoms with Gasteiger partial charge < -0.3 is 4.74 Å². The molecule has 0 saturated heterocycles. The van der Waals surface area contributed by atoms with E-state index < -0.39 is 0 Å². The summed E-state index contributed by atoms with van der Waals surface area (Å²) in [7, 11) is 1.66. The summed E-state index contributed by atoms with van der Waals surface area (Å²) < 4.78 is 7.02. The Balaban J connectivity index is 1.60. The highest BCUT2D eigenvalue weighted by Crippen LogP contribution is 2.24. The molecule has 0 spiro atoms. The van der Waals surface area contributed by atoms with Gasteiger partial charge in [-0.3, -0.25) is 0 Å². The number of hydrogen-bond acceptors (Lipinski definition) is 5. The van der Waals surface area contributed by atoms with Crippen molar-refractivity contribution in [3.05, 3.63) is 71.8 Å². The molecular formula is C20H18N4OS. The van der Waals surface area contributed by atoms with Crippen LogP contribution in [0.4, 0.5) is 0 Å². The zero-order valence-electron chi connectivity index (χ0n) is 14.6. The van der Waals surface area contributed by atoms with Gasteiger partial charge in [0.25, 0.3) is 0 Å². The van der Waals surface area contributed by atoms with Crippen molar-refractivity contribution >= 4 is 17.4 Å². The molecule has 0 aliphatic heterocycles. The summed E-state index contributed by atoms with van der Waals surface area (Å²) >= 11 is 1.63. The van der Waals surface area contributed by atoms with Gasteiger partial charge in [-0.2, -0.15) is 9.61 Å². The van der Waals surface area contributed by atoms with Gasteiger partial charge in [0.1, 0.15) is 5.75 Å². The number of nitrogens with zero attached hydrogens (tertiary/aromatic N) is 4. The van der Waals surface area contributed by atoms with E-state index in [1.165, 1.54) is 11.1 Å². The van der Waals surface area contributed by atoms with Crippen molar-refractivity contribution in [2.75, 3.05) is 7.11 Å². The van der Waals surface area contributed by atoms with Crippen LogP contribution in [0.2, 0.25) is 0 Å². The maximum absolute atomic E-state index is 5.21. The topological polar surface area (TPSA) is 52.3 Å². The van der Waals surface area contributed by atoms with Crippen LogP contribution in [-0.2, 0) is 5.75 Å². The summed E-state index contributed by atoms with van der Waals surface area (Å²) in [4.78, 5) is 0. The normalized spacial score (nSPS) is 11.0. The fraction of sp³-hybridized carbons (Fsp3) is 0.150. The highest BCUT2D eigenvalue weighted by atomic mass is 32.2. The van der Waals surface area contributed by atoms with Gasteiger partial charge >= 0.3 is 0 Å². The fourth-order valence-corrected chi connectivity index (χ4v) is 3.45. The van der Waals surface area contributed by atoms with Crippen LogP contribution in [0.25, 0.3) is 16.9 Å². The first-order valence-corrected chi connectivity index (χ1v) is 9.27. The summed E-state index contributed by atoms with van der Waals surface area (Å²) in [5.74, 6) is 1.66. The molecule has 5 nitrogen and oxygen atoms in total. The van der Waals surface area contributed by atoms with E-state index >= 15 is 0 Å². The standard InChI is InChI=1S/C20H18N4OS/c1-14-3-5-15(6-4-14)13-26-20-22-21-19-12-11-18(23-24(19)20)16-7-9-17(25-2)10-8-16/h3-12H,13H2,1-2H3. The fourth-order valence-electron chi connectivity index (χ4n) is 2.61. The van der Waals surface area contributed by atoms with Crippen LogP contribution in [0.3, 0.4) is 0 Å². The Morgan fingerprint density at radius 1 is 0.923 bits per heavy atom. The monoisotopic (exact) mass is 362 g/mol. The van der Waals surface area contributed by atoms with Crippen LogP contribution in [-0.4, -0.2) is 26.9 Å². The van der Waals surface area contributed by atoms with E-state index in [9.17, 15) is 0 Å². The molecule has 0 unspecified atom stereocenters. The Hall–Kier alpha value is -2.86. The molecule has 0 N–H and O–H groups in total. The number of rotatable bonds is 5. The van der Waals surface area contributed by atoms with Crippen LogP contribution in [0, 0.1) is 6.92 Å². The largest absolute Gasteiger partial charge is 0.497 e. The van der Waals surface area contributed by atoms with E-state index in [0.717, 1.165) is 33.6 Å². The molecule has 6 heteroatoms. The average molecular weight is 362 g/mol. The average Bonchev–Trinajstić information content (AvgIpc) is 3.10. The molecule has 0 aliphatic rings. The second-order valence-corrected chi connectivity index (χ2v) is 6.92. The van der Waals surface area contributed by atoms with Gasteiger partial charge in [-0.05, 0) is 48.9 Å². The molecule has 4 rings (SSSR count). The molecule has 4 aromatic rings. The Morgan fingerprint density at radius 3 is 2.42 bits per heavy atom. The molecule has 26 heavy (non-hydrogen) atoms. The van der Waals surface area contributed by atoms with Crippen molar-refractivity contribution in [3.63, 3.8) is 0 Å². The molecule has 0 aliphatic carbocycles. The third-order valence-electron chi connectivity index (χ3n) is 4.11. The van der Waals surface area contributed by atoms with Crippen LogP contribution < -0.4 is 4.74 Å². The summed E-state index contributed by atoms with van der Waals surface area (Å²) in [6.07, 6.45) is 0. The van der Waals surface area contributed by atoms with Crippen LogP contribution in [0.15, 0.2) is 65.8 Å². The molecule has 2 aromatic heterocycles. The van der Waals surface area contributed by atoms with Crippen molar-refractivity contribution in [3.8, 4) is 17.0 Å². The van der Waals surface area contributed by atoms with Crippen LogP contribution >= 0.6 is 11.8 Å². The molecule has 2 heterocycles. The number of benzene rings is 2. The van der Waals surface area contributed by atoms with Gasteiger partial charge in [-0.25, -0.2) is 0 Å². The molecule has 0 saturated carbocycles. The molecule has 0 radical (unpaired) electrons. The lowest BCUT2D eigenvalue weighted by Gasteiger charge is -2.05. The SMILES string of the molecule is COc1ccc(-c2ccc3nnc(SCc4ccc(C)cc4)n3n2)cc1. The lowest BCUT2D eigenvalue weighted by molar-refractivity contribution is 0.415. The van der Waals surface area contributed by atoms with Gasteiger partial charge in [0.2, 0.25) is 5.16 Å². The van der Waals surface area contributed by atoms with E-state index in [0.29, 0.717) is 0 Å². The molecule has 2 aromatic carbocycles. The zero-order chi connectivity index (χ0) is 17.9. The third kappa shape index (κ3) is 3.41. The zero-order valence-corrected chi connectivity index (χ0v) is 15.4. The smallest absolute Gasteiger partial charge is 0.212 e. The van der Waals surface area contributed by atoms with Gasteiger partial charge in [-0.15, -0.1) is 10.2 Å². The Kier molecular flexibility index (Phi) is 4.58. The molecular weight excluding hydrogens is 344 g/mol. The third-order valence-corrected chi connectivity index (χ3v) is 5.10. The number of aryl methyl sites for hydroxylation is 1. The maximum Gasteiger partial charge on any atom is 0.212 e. The van der Waals surface area contributed by atoms with Gasteiger partial charge in [0.15, 0.2) is 5.65 Å². The molecule has 130 valence electrons. The summed E-state index contributed by atoms with van der Waals surface area (Å²) in [5.41, 5.74) is 5.16. The van der Waals surface area contributed by atoms with E-state index in [1.807, 2.05) is 36.4 Å². The van der Waals surface area contributed by atoms with E-state index in [-0.39, 0.29) is 0 Å². The minimum Gasteiger partial charge on any atom is -0.497 e. The van der Waals surface area contributed by atoms with Crippen molar-refractivity contribution in [2.45, 2.75) is 17.8 Å². The van der Waals surface area contributed by atoms with Crippen molar-refractivity contribution < 1.29 is 4.74 Å². The van der Waals surface area contributed by atoms with E-state index in [4.69, 9.17) is 9.84 Å². The minimum atomic E-state index is 0.744. The number of methoxy groups -OCH3 is 1. The number of fused-ring (bicyclic) bond motifs is 1. The highest BCUT2D eigenvalue weighted by Gasteiger charge is 2.10. The predicted octanol–water partition coefficient (Wildman–Crippen LogP) is 4.40. The van der Waals surface area contributed by atoms with Crippen LogP contribution in [0.1, 0.15) is 11.1 Å². The summed E-state index contributed by atoms with van der Waals surface area (Å²) in [5, 5.41) is 14.0. The van der Waals surface area contributed by atoms with E-state index in [1.54, 1.807) is 23.4 Å². The van der Waals surface area contributed by atoms with Crippen LogP contribution in [0.5, 0.6) is 5.75 Å². The maximum atomic E-state index is 5.21. The quantitative estimate of drug-likeness (QED) is 0.493. The highest BCUT2D eigenvalue weighted by molar-refractivity contribution is 7.98. The number of hydrogen-bond donors (Lipinski definition) is 0. The van der Waals surface area contributed by atoms with Gasteiger partial charge in [-0.1, -0.05) is 41.6 Å². The Morgan fingerprint density at radius 2 is 1.69 bits per heavy atom. The summed E-state index contributed by atoms with van der Waals surface area (Å²) in [6, 6.07) is 20.3. The number of ether oxygens (including phenoxy) is 1. The van der Waals surface area contributed by atoms with Crippen molar-refractivity contribution in [1.82, 2.24) is 19.8 Å². The number of thioether (sulfide) groups is 1. The van der Waals surface area contributed by atoms with Gasteiger partial charge in [0.05, 0.1) is 12.8 Å². The Bertz CT molecular complexity index is 1030. The first-order chi connectivity index (χ1) is 12.7. The lowest BCUT2D eigenvalue weighted by atomic mass is 10.1. The molecule has 0 fully saturated rings. The van der Waals surface area contributed by atoms with E-state index in [2.05, 4.69) is 41.4 Å². The minimum absolute atomic E-state index is 0.744. The second-order valence-electron chi connectivity index (χ2n) is 5.97. The Labute approximate surface area is 156 Å². The first kappa shape index (κ1) is 16.6. The van der Waals surface area contributed by atoms with Gasteiger partial charge in [0, 0.05) is 11.3 Å². The first-order valence-electron chi connectivity index (χ1n) is 8.28. The molecule has 0 atom stereocenters. The lowest BCUT2D eigenvalue weighted by Crippen LogP contribution is -1.96.